The Hall–Kier alpha value is -1.95. The van der Waals surface area contributed by atoms with E-state index in [4.69, 9.17) is 4.52 Å². The summed E-state index contributed by atoms with van der Waals surface area (Å²) in [4.78, 5) is 27.7. The van der Waals surface area contributed by atoms with Crippen LogP contribution in [0.1, 0.15) is 46.0 Å². The molecule has 0 aromatic carbocycles. The Morgan fingerprint density at radius 2 is 2.25 bits per heavy atom. The second kappa shape index (κ2) is 7.30. The number of aromatic nitrogens is 1. The highest BCUT2D eigenvalue weighted by atomic mass is 32.1. The van der Waals surface area contributed by atoms with Crippen LogP contribution in [0.25, 0.3) is 0 Å². The number of ketones is 1. The zero-order chi connectivity index (χ0) is 17.1. The van der Waals surface area contributed by atoms with Gasteiger partial charge in [-0.3, -0.25) is 9.59 Å². The van der Waals surface area contributed by atoms with Crippen LogP contribution in [0.4, 0.5) is 0 Å². The van der Waals surface area contributed by atoms with E-state index in [1.807, 2.05) is 36.3 Å². The predicted octanol–water partition coefficient (Wildman–Crippen LogP) is 3.41. The first-order valence-corrected chi connectivity index (χ1v) is 9.21. The Morgan fingerprint density at radius 3 is 2.92 bits per heavy atom. The first kappa shape index (κ1) is 16.9. The molecule has 1 saturated heterocycles. The fourth-order valence-corrected chi connectivity index (χ4v) is 4.03. The Kier molecular flexibility index (Phi) is 5.14. The molecule has 3 rings (SSSR count). The lowest BCUT2D eigenvalue weighted by Gasteiger charge is -2.32. The van der Waals surface area contributed by atoms with Crippen LogP contribution < -0.4 is 0 Å². The first-order chi connectivity index (χ1) is 11.6. The van der Waals surface area contributed by atoms with E-state index in [2.05, 4.69) is 5.16 Å². The van der Waals surface area contributed by atoms with Crippen LogP contribution in [-0.4, -0.2) is 34.8 Å². The minimum Gasteiger partial charge on any atom is -0.361 e. The van der Waals surface area contributed by atoms with Gasteiger partial charge in [-0.05, 0) is 44.6 Å². The van der Waals surface area contributed by atoms with E-state index in [0.29, 0.717) is 19.4 Å². The molecule has 0 unspecified atom stereocenters. The molecule has 0 spiro atoms. The van der Waals surface area contributed by atoms with Crippen molar-refractivity contribution < 1.29 is 14.1 Å². The molecule has 1 aliphatic heterocycles. The minimum atomic E-state index is -0.0691. The van der Waals surface area contributed by atoms with E-state index in [0.717, 1.165) is 41.3 Å². The van der Waals surface area contributed by atoms with Crippen molar-refractivity contribution in [2.75, 3.05) is 13.1 Å². The van der Waals surface area contributed by atoms with Gasteiger partial charge in [0.1, 0.15) is 5.76 Å². The summed E-state index contributed by atoms with van der Waals surface area (Å²) < 4.78 is 5.14. The third-order valence-electron chi connectivity index (χ3n) is 4.68. The summed E-state index contributed by atoms with van der Waals surface area (Å²) in [5, 5.41) is 5.85. The smallest absolute Gasteiger partial charge is 0.222 e. The highest BCUT2D eigenvalue weighted by Gasteiger charge is 2.29. The van der Waals surface area contributed by atoms with E-state index in [9.17, 15) is 9.59 Å². The van der Waals surface area contributed by atoms with Gasteiger partial charge in [-0.1, -0.05) is 11.2 Å². The number of piperidine rings is 1. The lowest BCUT2D eigenvalue weighted by atomic mass is 9.92. The van der Waals surface area contributed by atoms with Crippen LogP contribution in [0.5, 0.6) is 0 Å². The SMILES string of the molecule is Cc1noc(C)c1CCC(=O)N1CCC[C@H](C(=O)c2cccs2)C1. The highest BCUT2D eigenvalue weighted by molar-refractivity contribution is 7.12. The van der Waals surface area contributed by atoms with Crippen LogP contribution >= 0.6 is 11.3 Å². The Balaban J connectivity index is 1.58. The summed E-state index contributed by atoms with van der Waals surface area (Å²) in [5.74, 6) is 0.997. The lowest BCUT2D eigenvalue weighted by molar-refractivity contribution is -0.132. The van der Waals surface area contributed by atoms with Crippen LogP contribution in [0.2, 0.25) is 0 Å². The largest absolute Gasteiger partial charge is 0.361 e. The Bertz CT molecular complexity index is 701. The van der Waals surface area contributed by atoms with Crippen molar-refractivity contribution in [2.24, 2.45) is 5.92 Å². The molecule has 24 heavy (non-hydrogen) atoms. The van der Waals surface area contributed by atoms with E-state index in [1.165, 1.54) is 11.3 Å². The van der Waals surface area contributed by atoms with E-state index < -0.39 is 0 Å². The molecule has 5 nitrogen and oxygen atoms in total. The number of rotatable bonds is 5. The summed E-state index contributed by atoms with van der Waals surface area (Å²) in [7, 11) is 0. The van der Waals surface area contributed by atoms with E-state index >= 15 is 0 Å². The molecule has 1 atom stereocenters. The predicted molar refractivity (Wildman–Crippen MR) is 92.3 cm³/mol. The number of hydrogen-bond donors (Lipinski definition) is 0. The standard InChI is InChI=1S/C18H22N2O3S/c1-12-15(13(2)23-19-12)7-8-17(21)20-9-3-5-14(11-20)18(22)16-6-4-10-24-16/h4,6,10,14H,3,5,7-9,11H2,1-2H3/t14-/m0/s1. The molecule has 0 saturated carbocycles. The van der Waals surface area contributed by atoms with E-state index in [-0.39, 0.29) is 17.6 Å². The number of carbonyl (C=O) groups excluding carboxylic acids is 2. The van der Waals surface area contributed by atoms with Gasteiger partial charge in [0, 0.05) is 31.0 Å². The monoisotopic (exact) mass is 346 g/mol. The molecule has 0 aliphatic carbocycles. The van der Waals surface area contributed by atoms with Gasteiger partial charge in [-0.25, -0.2) is 0 Å². The number of thiophene rings is 1. The fourth-order valence-electron chi connectivity index (χ4n) is 3.29. The normalized spacial score (nSPS) is 17.9. The summed E-state index contributed by atoms with van der Waals surface area (Å²) in [6.07, 6.45) is 2.83. The number of amides is 1. The maximum Gasteiger partial charge on any atom is 0.222 e. The van der Waals surface area contributed by atoms with Gasteiger partial charge in [0.05, 0.1) is 10.6 Å². The number of aryl methyl sites for hydroxylation is 2. The van der Waals surface area contributed by atoms with Gasteiger partial charge < -0.3 is 9.42 Å². The van der Waals surface area contributed by atoms with Gasteiger partial charge >= 0.3 is 0 Å². The van der Waals surface area contributed by atoms with Crippen molar-refractivity contribution in [3.8, 4) is 0 Å². The van der Waals surface area contributed by atoms with Gasteiger partial charge in [-0.2, -0.15) is 0 Å². The molecule has 0 radical (unpaired) electrons. The maximum atomic E-state index is 12.5. The van der Waals surface area contributed by atoms with Gasteiger partial charge in [0.25, 0.3) is 0 Å². The van der Waals surface area contributed by atoms with Gasteiger partial charge in [-0.15, -0.1) is 11.3 Å². The van der Waals surface area contributed by atoms with Crippen LogP contribution in [-0.2, 0) is 11.2 Å². The number of hydrogen-bond acceptors (Lipinski definition) is 5. The zero-order valence-corrected chi connectivity index (χ0v) is 14.9. The molecule has 2 aromatic heterocycles. The topological polar surface area (TPSA) is 63.4 Å². The summed E-state index contributed by atoms with van der Waals surface area (Å²) in [5.41, 5.74) is 1.87. The zero-order valence-electron chi connectivity index (χ0n) is 14.1. The molecule has 0 bridgehead atoms. The molecule has 2 aromatic rings. The molecule has 3 heterocycles. The molecule has 6 heteroatoms. The molecule has 1 amide bonds. The first-order valence-electron chi connectivity index (χ1n) is 8.33. The summed E-state index contributed by atoms with van der Waals surface area (Å²) in [6, 6.07) is 3.76. The molecule has 1 fully saturated rings. The van der Waals surface area contributed by atoms with Crippen molar-refractivity contribution in [1.29, 1.82) is 0 Å². The third kappa shape index (κ3) is 3.59. The summed E-state index contributed by atoms with van der Waals surface area (Å²) in [6.45, 7) is 5.05. The molecule has 0 N–H and O–H groups in total. The lowest BCUT2D eigenvalue weighted by Crippen LogP contribution is -2.42. The van der Waals surface area contributed by atoms with Crippen molar-refractivity contribution in [3.63, 3.8) is 0 Å². The quantitative estimate of drug-likeness (QED) is 0.778. The average Bonchev–Trinajstić information content (AvgIpc) is 3.23. The average molecular weight is 346 g/mol. The number of Topliss-reactive ketones (excluding diaryl/α,β-unsaturated/α-hetero) is 1. The minimum absolute atomic E-state index is 0.0691. The van der Waals surface area contributed by atoms with Crippen molar-refractivity contribution in [2.45, 2.75) is 39.5 Å². The van der Waals surface area contributed by atoms with Gasteiger partial charge in [0.15, 0.2) is 5.78 Å². The van der Waals surface area contributed by atoms with Crippen molar-refractivity contribution >= 4 is 23.0 Å². The Labute approximate surface area is 145 Å². The number of carbonyl (C=O) groups is 2. The fraction of sp³-hybridized carbons (Fsp3) is 0.500. The van der Waals surface area contributed by atoms with Gasteiger partial charge in [0.2, 0.25) is 5.91 Å². The Morgan fingerprint density at radius 1 is 1.42 bits per heavy atom. The second-order valence-corrected chi connectivity index (χ2v) is 7.27. The van der Waals surface area contributed by atoms with Crippen LogP contribution in [0.15, 0.2) is 22.0 Å². The maximum absolute atomic E-state index is 12.5. The third-order valence-corrected chi connectivity index (χ3v) is 5.56. The second-order valence-electron chi connectivity index (χ2n) is 6.32. The van der Waals surface area contributed by atoms with Crippen LogP contribution in [0.3, 0.4) is 0 Å². The van der Waals surface area contributed by atoms with Crippen molar-refractivity contribution in [3.05, 3.63) is 39.4 Å². The number of nitrogens with zero attached hydrogens (tertiary/aromatic N) is 2. The highest BCUT2D eigenvalue weighted by Crippen LogP contribution is 2.24. The van der Waals surface area contributed by atoms with E-state index in [1.54, 1.807) is 0 Å². The van der Waals surface area contributed by atoms with Crippen LogP contribution in [0, 0.1) is 19.8 Å². The molecule has 1 aliphatic rings. The molecule has 128 valence electrons. The molecular formula is C18H22N2O3S. The van der Waals surface area contributed by atoms with Crippen molar-refractivity contribution in [1.82, 2.24) is 10.1 Å². The molecular weight excluding hydrogens is 324 g/mol. The summed E-state index contributed by atoms with van der Waals surface area (Å²) >= 11 is 1.48. The number of likely N-dealkylation sites (tertiary alicyclic amines) is 1.